The van der Waals surface area contributed by atoms with E-state index < -0.39 is 0 Å². The van der Waals surface area contributed by atoms with Gasteiger partial charge in [-0.3, -0.25) is 9.36 Å². The number of hydrogen-bond donors (Lipinski definition) is 0. The third-order valence-electron chi connectivity index (χ3n) is 5.54. The van der Waals surface area contributed by atoms with Crippen LogP contribution in [0.25, 0.3) is 0 Å². The van der Waals surface area contributed by atoms with E-state index in [1.54, 1.807) is 31.2 Å². The summed E-state index contributed by atoms with van der Waals surface area (Å²) in [5.41, 5.74) is 1.58. The van der Waals surface area contributed by atoms with Gasteiger partial charge in [0.1, 0.15) is 17.8 Å². The van der Waals surface area contributed by atoms with Gasteiger partial charge in [-0.15, -0.1) is 10.2 Å². The van der Waals surface area contributed by atoms with Crippen molar-refractivity contribution in [2.24, 2.45) is 11.8 Å². The van der Waals surface area contributed by atoms with Crippen LogP contribution in [0.4, 0.5) is 5.95 Å². The number of hydrogen-bond acceptors (Lipinski definition) is 7. The highest BCUT2D eigenvalue weighted by molar-refractivity contribution is 7.98. The molecule has 0 amide bonds. The summed E-state index contributed by atoms with van der Waals surface area (Å²) >= 11 is 1.58. The maximum Gasteiger partial charge on any atom is 0.228 e. The molecule has 0 aliphatic carbocycles. The number of anilines is 1. The lowest BCUT2D eigenvalue weighted by Gasteiger charge is -2.35. The number of rotatable bonds is 8. The predicted molar refractivity (Wildman–Crippen MR) is 121 cm³/mol. The highest BCUT2D eigenvalue weighted by Gasteiger charge is 2.27. The first kappa shape index (κ1) is 21.5. The number of carbonyl (C=O) groups is 1. The summed E-state index contributed by atoms with van der Waals surface area (Å²) in [6, 6.07) is 9.32. The van der Waals surface area contributed by atoms with Gasteiger partial charge in [0.15, 0.2) is 5.16 Å². The second-order valence-electron chi connectivity index (χ2n) is 8.28. The highest BCUT2D eigenvalue weighted by Crippen LogP contribution is 2.32. The maximum atomic E-state index is 11.2. The third kappa shape index (κ3) is 4.95. The standard InChI is InChI=1S/C23H28N4O3S/c1-16-9-17(2)12-26(11-16)22-24-25-23(27(22)13-20-5-4-8-30-20)31-15-19-10-18(14-28)6-7-21(19)29-3/h4-8,10,14,16-17H,9,11-13,15H2,1-3H3. The van der Waals surface area contributed by atoms with Crippen LogP contribution < -0.4 is 9.64 Å². The Morgan fingerprint density at radius 3 is 2.71 bits per heavy atom. The van der Waals surface area contributed by atoms with Gasteiger partial charge in [0.05, 0.1) is 19.9 Å². The molecule has 1 fully saturated rings. The lowest BCUT2D eigenvalue weighted by atomic mass is 9.92. The number of aromatic nitrogens is 3. The van der Waals surface area contributed by atoms with Crippen LogP contribution in [0.3, 0.4) is 0 Å². The molecule has 0 saturated carbocycles. The van der Waals surface area contributed by atoms with Crippen molar-refractivity contribution in [3.8, 4) is 5.75 Å². The minimum atomic E-state index is 0.572. The molecular formula is C23H28N4O3S. The van der Waals surface area contributed by atoms with E-state index in [1.807, 2.05) is 24.3 Å². The lowest BCUT2D eigenvalue weighted by molar-refractivity contribution is 0.112. The van der Waals surface area contributed by atoms with Crippen molar-refractivity contribution >= 4 is 24.0 Å². The smallest absolute Gasteiger partial charge is 0.228 e. The molecular weight excluding hydrogens is 412 g/mol. The first-order valence-electron chi connectivity index (χ1n) is 10.5. The van der Waals surface area contributed by atoms with Crippen molar-refractivity contribution in [1.29, 1.82) is 0 Å². The number of piperidine rings is 1. The van der Waals surface area contributed by atoms with E-state index >= 15 is 0 Å². The SMILES string of the molecule is COc1ccc(C=O)cc1CSc1nnc(N2CC(C)CC(C)C2)n1Cc1ccco1. The van der Waals surface area contributed by atoms with E-state index in [-0.39, 0.29) is 0 Å². The molecule has 2 unspecified atom stereocenters. The Labute approximate surface area is 186 Å². The summed E-state index contributed by atoms with van der Waals surface area (Å²) in [6.07, 6.45) is 3.77. The van der Waals surface area contributed by atoms with Gasteiger partial charge in [0, 0.05) is 30.0 Å². The Morgan fingerprint density at radius 1 is 1.23 bits per heavy atom. The molecule has 3 heterocycles. The van der Waals surface area contributed by atoms with Crippen LogP contribution in [0.5, 0.6) is 5.75 Å². The molecule has 7 nitrogen and oxygen atoms in total. The van der Waals surface area contributed by atoms with Crippen molar-refractivity contribution in [2.45, 2.75) is 37.7 Å². The van der Waals surface area contributed by atoms with E-state index in [9.17, 15) is 4.79 Å². The zero-order chi connectivity index (χ0) is 21.8. The number of furan rings is 1. The quantitative estimate of drug-likeness (QED) is 0.377. The van der Waals surface area contributed by atoms with Gasteiger partial charge < -0.3 is 14.1 Å². The summed E-state index contributed by atoms with van der Waals surface area (Å²) in [6.45, 7) is 7.10. The second-order valence-corrected chi connectivity index (χ2v) is 9.22. The Balaban J connectivity index is 1.61. The van der Waals surface area contributed by atoms with Crippen molar-refractivity contribution < 1.29 is 13.9 Å². The minimum Gasteiger partial charge on any atom is -0.496 e. The summed E-state index contributed by atoms with van der Waals surface area (Å²) in [7, 11) is 1.64. The molecule has 1 aromatic carbocycles. The number of thioether (sulfide) groups is 1. The average molecular weight is 441 g/mol. The molecule has 164 valence electrons. The number of carbonyl (C=O) groups excluding carboxylic acids is 1. The first-order chi connectivity index (χ1) is 15.1. The molecule has 1 saturated heterocycles. The van der Waals surface area contributed by atoms with Crippen LogP contribution in [-0.4, -0.2) is 41.2 Å². The van der Waals surface area contributed by atoms with Gasteiger partial charge in [-0.1, -0.05) is 25.6 Å². The van der Waals surface area contributed by atoms with Crippen molar-refractivity contribution in [3.05, 3.63) is 53.5 Å². The van der Waals surface area contributed by atoms with Gasteiger partial charge in [0.2, 0.25) is 5.95 Å². The number of benzene rings is 1. The first-order valence-corrected chi connectivity index (χ1v) is 11.5. The molecule has 2 atom stereocenters. The molecule has 0 bridgehead atoms. The van der Waals surface area contributed by atoms with E-state index in [0.29, 0.717) is 29.7 Å². The summed E-state index contributed by atoms with van der Waals surface area (Å²) in [4.78, 5) is 13.5. The van der Waals surface area contributed by atoms with Crippen LogP contribution in [0.2, 0.25) is 0 Å². The van der Waals surface area contributed by atoms with E-state index in [0.717, 1.165) is 47.6 Å². The van der Waals surface area contributed by atoms with Gasteiger partial charge in [0.25, 0.3) is 0 Å². The molecule has 2 aromatic heterocycles. The van der Waals surface area contributed by atoms with E-state index in [1.165, 1.54) is 6.42 Å². The largest absolute Gasteiger partial charge is 0.496 e. The van der Waals surface area contributed by atoms with Crippen molar-refractivity contribution in [3.63, 3.8) is 0 Å². The van der Waals surface area contributed by atoms with Crippen LogP contribution in [0, 0.1) is 11.8 Å². The minimum absolute atomic E-state index is 0.572. The summed E-state index contributed by atoms with van der Waals surface area (Å²) < 4.78 is 13.2. The van der Waals surface area contributed by atoms with E-state index in [4.69, 9.17) is 9.15 Å². The second kappa shape index (κ2) is 9.60. The average Bonchev–Trinajstić information content (AvgIpc) is 3.41. The lowest BCUT2D eigenvalue weighted by Crippen LogP contribution is -2.40. The molecule has 31 heavy (non-hydrogen) atoms. The predicted octanol–water partition coefficient (Wildman–Crippen LogP) is 4.52. The molecule has 1 aliphatic rings. The van der Waals surface area contributed by atoms with Gasteiger partial charge in [-0.05, 0) is 48.6 Å². The fourth-order valence-electron chi connectivity index (χ4n) is 4.27. The molecule has 1 aliphatic heterocycles. The Bertz CT molecular complexity index is 1010. The van der Waals surface area contributed by atoms with Crippen molar-refractivity contribution in [1.82, 2.24) is 14.8 Å². The summed E-state index contributed by atoms with van der Waals surface area (Å²) in [5, 5.41) is 9.90. The topological polar surface area (TPSA) is 73.4 Å². The molecule has 0 N–H and O–H groups in total. The molecule has 0 radical (unpaired) electrons. The number of aldehydes is 1. The zero-order valence-corrected chi connectivity index (χ0v) is 19.0. The summed E-state index contributed by atoms with van der Waals surface area (Å²) in [5.74, 6) is 4.35. The Morgan fingerprint density at radius 2 is 2.03 bits per heavy atom. The third-order valence-corrected chi connectivity index (χ3v) is 6.56. The molecule has 3 aromatic rings. The Hall–Kier alpha value is -2.74. The molecule has 4 rings (SSSR count). The van der Waals surface area contributed by atoms with Crippen molar-refractivity contribution in [2.75, 3.05) is 25.1 Å². The Kier molecular flexibility index (Phi) is 6.65. The van der Waals surface area contributed by atoms with Crippen LogP contribution in [-0.2, 0) is 12.3 Å². The van der Waals surface area contributed by atoms with Gasteiger partial charge in [-0.25, -0.2) is 0 Å². The number of nitrogens with zero attached hydrogens (tertiary/aromatic N) is 4. The van der Waals surface area contributed by atoms with Crippen LogP contribution in [0.1, 0.15) is 41.9 Å². The van der Waals surface area contributed by atoms with E-state index in [2.05, 4.69) is 33.5 Å². The monoisotopic (exact) mass is 440 g/mol. The van der Waals surface area contributed by atoms with Gasteiger partial charge >= 0.3 is 0 Å². The van der Waals surface area contributed by atoms with Crippen LogP contribution >= 0.6 is 11.8 Å². The van der Waals surface area contributed by atoms with Crippen LogP contribution in [0.15, 0.2) is 46.2 Å². The molecule has 8 heteroatoms. The fourth-order valence-corrected chi connectivity index (χ4v) is 5.18. The molecule has 0 spiro atoms. The maximum absolute atomic E-state index is 11.2. The zero-order valence-electron chi connectivity index (χ0n) is 18.2. The normalized spacial score (nSPS) is 18.9. The number of methoxy groups -OCH3 is 1. The highest BCUT2D eigenvalue weighted by atomic mass is 32.2. The fraction of sp³-hybridized carbons (Fsp3) is 0.435. The number of ether oxygens (including phenoxy) is 1. The van der Waals surface area contributed by atoms with Gasteiger partial charge in [-0.2, -0.15) is 0 Å².